The molecule has 2 aromatic rings. The largest absolute Gasteiger partial charge is 0.497 e. The van der Waals surface area contributed by atoms with Gasteiger partial charge < -0.3 is 9.47 Å². The molecule has 0 bridgehead atoms. The van der Waals surface area contributed by atoms with Crippen molar-refractivity contribution < 1.29 is 19.3 Å². The van der Waals surface area contributed by atoms with Gasteiger partial charge in [-0.1, -0.05) is 6.07 Å². The Morgan fingerprint density at radius 2 is 2.17 bits per heavy atom. The Morgan fingerprint density at radius 1 is 1.30 bits per heavy atom. The fourth-order valence-corrected chi connectivity index (χ4v) is 3.03. The van der Waals surface area contributed by atoms with Gasteiger partial charge in [-0.3, -0.25) is 9.79 Å². The van der Waals surface area contributed by atoms with Crippen LogP contribution < -0.4 is 19.8 Å². The minimum Gasteiger partial charge on any atom is -0.497 e. The molecule has 3 rings (SSSR count). The molecule has 0 spiro atoms. The average molecular weight is 332 g/mol. The molecular formula is C16H18N3O3S+. The van der Waals surface area contributed by atoms with Crippen molar-refractivity contribution in [1.82, 2.24) is 4.90 Å². The number of nitrogens with one attached hydrogen (secondary N) is 2. The number of hydrogen-bond donors (Lipinski definition) is 2. The zero-order valence-corrected chi connectivity index (χ0v) is 13.8. The molecule has 0 saturated heterocycles. The summed E-state index contributed by atoms with van der Waals surface area (Å²) >= 11 is 1.63. The van der Waals surface area contributed by atoms with Crippen molar-refractivity contribution >= 4 is 28.9 Å². The maximum atomic E-state index is 12.1. The van der Waals surface area contributed by atoms with E-state index in [1.807, 2.05) is 29.6 Å². The lowest BCUT2D eigenvalue weighted by atomic mass is 10.2. The Morgan fingerprint density at radius 3 is 2.87 bits per heavy atom. The number of nitrogens with zero attached hydrogens (tertiary/aromatic N) is 1. The minimum atomic E-state index is 0.0355. The summed E-state index contributed by atoms with van der Waals surface area (Å²) in [6, 6.07) is 9.49. The van der Waals surface area contributed by atoms with Crippen molar-refractivity contribution in [3.8, 4) is 11.5 Å². The number of rotatable bonds is 5. The van der Waals surface area contributed by atoms with Gasteiger partial charge in [0.05, 0.1) is 14.2 Å². The number of guanidine groups is 1. The van der Waals surface area contributed by atoms with E-state index in [1.54, 1.807) is 36.5 Å². The van der Waals surface area contributed by atoms with E-state index in [-0.39, 0.29) is 12.5 Å². The summed E-state index contributed by atoms with van der Waals surface area (Å²) < 4.78 is 10.6. The maximum Gasteiger partial charge on any atom is 0.359 e. The minimum absolute atomic E-state index is 0.0355. The second-order valence-electron chi connectivity index (χ2n) is 4.95. The first kappa shape index (κ1) is 15.4. The van der Waals surface area contributed by atoms with E-state index in [9.17, 15) is 4.79 Å². The van der Waals surface area contributed by atoms with E-state index >= 15 is 0 Å². The Hall–Kier alpha value is -2.54. The number of hydrogen-bond acceptors (Lipinski definition) is 5. The van der Waals surface area contributed by atoms with Crippen LogP contribution in [-0.2, 0) is 11.3 Å². The van der Waals surface area contributed by atoms with Crippen LogP contribution in [0.2, 0.25) is 0 Å². The summed E-state index contributed by atoms with van der Waals surface area (Å²) in [5, 5.41) is 5.24. The molecule has 2 N–H and O–H groups in total. The predicted octanol–water partition coefficient (Wildman–Crippen LogP) is 0.656. The van der Waals surface area contributed by atoms with E-state index in [0.29, 0.717) is 24.0 Å². The van der Waals surface area contributed by atoms with Gasteiger partial charge >= 0.3 is 11.9 Å². The van der Waals surface area contributed by atoms with E-state index in [0.717, 1.165) is 10.6 Å². The number of thiophene rings is 1. The number of benzene rings is 1. The number of ether oxygens (including phenoxy) is 2. The Labute approximate surface area is 138 Å². The molecule has 1 amide bonds. The molecule has 0 unspecified atom stereocenters. The fourth-order valence-electron chi connectivity index (χ4n) is 2.34. The highest BCUT2D eigenvalue weighted by Crippen LogP contribution is 2.29. The van der Waals surface area contributed by atoms with Crippen molar-refractivity contribution in [3.05, 3.63) is 40.6 Å². The van der Waals surface area contributed by atoms with E-state index in [2.05, 4.69) is 10.3 Å². The monoisotopic (exact) mass is 332 g/mol. The molecule has 6 nitrogen and oxygen atoms in total. The van der Waals surface area contributed by atoms with Crippen LogP contribution in [0.1, 0.15) is 4.88 Å². The smallest absolute Gasteiger partial charge is 0.359 e. The Balaban J connectivity index is 1.79. The molecule has 0 atom stereocenters. The zero-order valence-electron chi connectivity index (χ0n) is 13.0. The van der Waals surface area contributed by atoms with Crippen LogP contribution in [0.25, 0.3) is 0 Å². The third-order valence-electron chi connectivity index (χ3n) is 3.53. The zero-order chi connectivity index (χ0) is 16.2. The first-order valence-corrected chi connectivity index (χ1v) is 8.02. The number of carbonyl (C=O) groups excluding carboxylic acids is 1. The summed E-state index contributed by atoms with van der Waals surface area (Å²) in [6.07, 6.45) is 0. The molecule has 0 aliphatic carbocycles. The van der Waals surface area contributed by atoms with Gasteiger partial charge in [-0.2, -0.15) is 4.90 Å². The van der Waals surface area contributed by atoms with Crippen LogP contribution in [0.5, 0.6) is 11.5 Å². The third kappa shape index (κ3) is 3.29. The van der Waals surface area contributed by atoms with Gasteiger partial charge in [-0.15, -0.1) is 11.3 Å². The molecule has 0 radical (unpaired) electrons. The molecule has 1 aromatic heterocycles. The molecule has 1 aliphatic rings. The summed E-state index contributed by atoms with van der Waals surface area (Å²) in [7, 11) is 3.21. The molecule has 23 heavy (non-hydrogen) atoms. The topological polar surface area (TPSA) is 64.8 Å². The van der Waals surface area contributed by atoms with Crippen molar-refractivity contribution in [2.75, 3.05) is 26.1 Å². The molecule has 120 valence electrons. The summed E-state index contributed by atoms with van der Waals surface area (Å²) in [4.78, 5) is 18.0. The van der Waals surface area contributed by atoms with Crippen molar-refractivity contribution in [2.45, 2.75) is 6.54 Å². The first-order chi connectivity index (χ1) is 11.2. The second-order valence-corrected chi connectivity index (χ2v) is 5.98. The van der Waals surface area contributed by atoms with Crippen molar-refractivity contribution in [3.63, 3.8) is 0 Å². The quantitative estimate of drug-likeness (QED) is 0.844. The van der Waals surface area contributed by atoms with E-state index < -0.39 is 0 Å². The highest BCUT2D eigenvalue weighted by atomic mass is 32.1. The standard InChI is InChI=1S/C16H17N3O3S/c1-21-11-5-6-13(14(8-11)22-2)18-16-17-9-15(20)19(16)10-12-4-3-7-23-12/h3-8H,9-10H2,1-2H3,(H,17,18)/p+1. The van der Waals surface area contributed by atoms with Gasteiger partial charge in [0.15, 0.2) is 12.3 Å². The van der Waals surface area contributed by atoms with E-state index in [1.165, 1.54) is 0 Å². The van der Waals surface area contributed by atoms with Crippen LogP contribution in [-0.4, -0.2) is 37.5 Å². The van der Waals surface area contributed by atoms with Gasteiger partial charge in [-0.05, 0) is 23.6 Å². The lowest BCUT2D eigenvalue weighted by Gasteiger charge is -2.13. The van der Waals surface area contributed by atoms with Gasteiger partial charge in [0.2, 0.25) is 0 Å². The highest BCUT2D eigenvalue weighted by Gasteiger charge is 2.33. The van der Waals surface area contributed by atoms with Gasteiger partial charge in [0, 0.05) is 10.9 Å². The average Bonchev–Trinajstić information content (AvgIpc) is 3.20. The molecule has 0 saturated carbocycles. The lowest BCUT2D eigenvalue weighted by molar-refractivity contribution is -0.438. The van der Waals surface area contributed by atoms with Gasteiger partial charge in [0.1, 0.15) is 18.0 Å². The number of amides is 1. The third-order valence-corrected chi connectivity index (χ3v) is 4.39. The summed E-state index contributed by atoms with van der Waals surface area (Å²) in [5.74, 6) is 2.05. The maximum absolute atomic E-state index is 12.1. The Bertz CT molecular complexity index is 728. The molecule has 1 aromatic carbocycles. The molecule has 2 heterocycles. The molecule has 0 fully saturated rings. The SMILES string of the molecule is COc1ccc(NC2=[NH+]CC(=O)N2Cc2cccs2)c(OC)c1. The predicted molar refractivity (Wildman–Crippen MR) is 88.9 cm³/mol. The van der Waals surface area contributed by atoms with Crippen LogP contribution in [0.3, 0.4) is 0 Å². The highest BCUT2D eigenvalue weighted by molar-refractivity contribution is 7.09. The number of anilines is 1. The first-order valence-electron chi connectivity index (χ1n) is 7.14. The molecule has 1 aliphatic heterocycles. The number of carbonyl (C=O) groups is 1. The van der Waals surface area contributed by atoms with Gasteiger partial charge in [-0.25, -0.2) is 5.32 Å². The molecule has 7 heteroatoms. The van der Waals surface area contributed by atoms with E-state index in [4.69, 9.17) is 9.47 Å². The Kier molecular flexibility index (Phi) is 4.47. The summed E-state index contributed by atoms with van der Waals surface area (Å²) in [5.41, 5.74) is 0.765. The number of methoxy groups -OCH3 is 2. The summed E-state index contributed by atoms with van der Waals surface area (Å²) in [6.45, 7) is 0.830. The fraction of sp³-hybridized carbons (Fsp3) is 0.250. The second kappa shape index (κ2) is 6.70. The van der Waals surface area contributed by atoms with Gasteiger partial charge in [0.25, 0.3) is 0 Å². The lowest BCUT2D eigenvalue weighted by Crippen LogP contribution is -2.72. The van der Waals surface area contributed by atoms with Crippen LogP contribution in [0, 0.1) is 0 Å². The normalized spacial score (nSPS) is 13.9. The molecular weight excluding hydrogens is 314 g/mol. The van der Waals surface area contributed by atoms with Crippen LogP contribution in [0.4, 0.5) is 5.69 Å². The van der Waals surface area contributed by atoms with Crippen LogP contribution in [0.15, 0.2) is 35.7 Å². The van der Waals surface area contributed by atoms with Crippen molar-refractivity contribution in [1.29, 1.82) is 0 Å². The van der Waals surface area contributed by atoms with Crippen LogP contribution >= 0.6 is 11.3 Å². The van der Waals surface area contributed by atoms with Crippen molar-refractivity contribution in [2.24, 2.45) is 0 Å².